The fraction of sp³-hybridized carbons (Fsp3) is 0.500. The molecule has 20 heavy (non-hydrogen) atoms. The highest BCUT2D eigenvalue weighted by Gasteiger charge is 2.23. The lowest BCUT2D eigenvalue weighted by Gasteiger charge is -2.10. The van der Waals surface area contributed by atoms with Crippen LogP contribution in [0.2, 0.25) is 0 Å². The molecule has 1 rings (SSSR count). The van der Waals surface area contributed by atoms with Crippen LogP contribution in [0.4, 0.5) is 5.00 Å². The van der Waals surface area contributed by atoms with Gasteiger partial charge in [-0.05, 0) is 20.3 Å². The van der Waals surface area contributed by atoms with E-state index < -0.39 is 5.97 Å². The van der Waals surface area contributed by atoms with Gasteiger partial charge in [0.1, 0.15) is 10.6 Å². The second-order valence-electron chi connectivity index (χ2n) is 4.34. The molecule has 0 spiro atoms. The van der Waals surface area contributed by atoms with E-state index >= 15 is 0 Å². The first-order valence-electron chi connectivity index (χ1n) is 6.60. The fourth-order valence-corrected chi connectivity index (χ4v) is 2.11. The summed E-state index contributed by atoms with van der Waals surface area (Å²) in [4.78, 5) is 28.2. The van der Waals surface area contributed by atoms with Crippen LogP contribution in [0.3, 0.4) is 0 Å². The van der Waals surface area contributed by atoms with Crippen LogP contribution in [0, 0.1) is 12.8 Å². The molecule has 0 aliphatic carbocycles. The van der Waals surface area contributed by atoms with E-state index in [9.17, 15) is 9.59 Å². The smallest absolute Gasteiger partial charge is 0.343 e. The topological polar surface area (TPSA) is 68.3 Å². The van der Waals surface area contributed by atoms with E-state index in [1.807, 2.05) is 13.8 Å². The van der Waals surface area contributed by atoms with Gasteiger partial charge in [0, 0.05) is 12.1 Å². The van der Waals surface area contributed by atoms with Gasteiger partial charge in [0.15, 0.2) is 5.78 Å². The highest BCUT2D eigenvalue weighted by Crippen LogP contribution is 2.19. The maximum Gasteiger partial charge on any atom is 0.343 e. The van der Waals surface area contributed by atoms with Gasteiger partial charge < -0.3 is 10.1 Å². The van der Waals surface area contributed by atoms with Gasteiger partial charge in [-0.2, -0.15) is 0 Å². The minimum Gasteiger partial charge on any atom is -0.462 e. The summed E-state index contributed by atoms with van der Waals surface area (Å²) in [5.74, 6) is -1.01. The predicted octanol–water partition coefficient (Wildman–Crippen LogP) is 2.93. The van der Waals surface area contributed by atoms with Crippen molar-refractivity contribution in [2.75, 3.05) is 11.9 Å². The molecule has 1 unspecified atom stereocenters. The maximum atomic E-state index is 12.2. The van der Waals surface area contributed by atoms with Crippen molar-refractivity contribution in [1.29, 1.82) is 0 Å². The monoisotopic (exact) mass is 296 g/mol. The maximum absolute atomic E-state index is 12.2. The third-order valence-electron chi connectivity index (χ3n) is 2.80. The van der Waals surface area contributed by atoms with Crippen molar-refractivity contribution in [2.24, 2.45) is 5.92 Å². The number of carbonyl (C=O) groups excluding carboxylic acids is 2. The van der Waals surface area contributed by atoms with Crippen molar-refractivity contribution in [2.45, 2.75) is 34.1 Å². The molecule has 0 bridgehead atoms. The molecule has 0 saturated carbocycles. The lowest BCUT2D eigenvalue weighted by molar-refractivity contribution is -0.140. The Bertz CT molecular complexity index is 508. The average molecular weight is 296 g/mol. The van der Waals surface area contributed by atoms with Crippen LogP contribution in [0.25, 0.3) is 0 Å². The molecule has 5 nitrogen and oxygen atoms in total. The number of aryl methyl sites for hydroxylation is 1. The third-order valence-corrected chi connectivity index (χ3v) is 3.64. The van der Waals surface area contributed by atoms with Crippen LogP contribution in [0.5, 0.6) is 0 Å². The van der Waals surface area contributed by atoms with Crippen LogP contribution in [0.1, 0.15) is 32.2 Å². The number of hydrogen-bond acceptors (Lipinski definition) is 6. The molecule has 1 N–H and O–H groups in total. The molecular formula is C14H20N2O3S. The van der Waals surface area contributed by atoms with Gasteiger partial charge >= 0.3 is 5.97 Å². The first kappa shape index (κ1) is 16.4. The standard InChI is InChI=1S/C14H20N2O3S/c1-5-9(3)13(17)11(14(18)19-6-2)7-16-12-8-15-10(4)20-12/h7-9,16H,5-6H2,1-4H3/b11-7-. The number of aromatic nitrogens is 1. The second-order valence-corrected chi connectivity index (χ2v) is 5.57. The van der Waals surface area contributed by atoms with Gasteiger partial charge in [-0.15, -0.1) is 11.3 Å². The molecule has 0 radical (unpaired) electrons. The Labute approximate surface area is 123 Å². The molecule has 0 aliphatic rings. The Kier molecular flexibility index (Phi) is 6.38. The lowest BCUT2D eigenvalue weighted by Crippen LogP contribution is -2.22. The number of thiazole rings is 1. The summed E-state index contributed by atoms with van der Waals surface area (Å²) in [7, 11) is 0. The van der Waals surface area contributed by atoms with Crippen LogP contribution < -0.4 is 5.32 Å². The zero-order valence-corrected chi connectivity index (χ0v) is 13.0. The third kappa shape index (κ3) is 4.45. The molecule has 0 fully saturated rings. The number of ether oxygens (including phenoxy) is 1. The molecule has 1 heterocycles. The van der Waals surface area contributed by atoms with Gasteiger partial charge in [0.2, 0.25) is 0 Å². The summed E-state index contributed by atoms with van der Waals surface area (Å²) in [5, 5.41) is 4.63. The lowest BCUT2D eigenvalue weighted by atomic mass is 9.97. The van der Waals surface area contributed by atoms with Crippen molar-refractivity contribution in [3.63, 3.8) is 0 Å². The Morgan fingerprint density at radius 3 is 2.70 bits per heavy atom. The zero-order valence-electron chi connectivity index (χ0n) is 12.2. The first-order chi connectivity index (χ1) is 9.49. The summed E-state index contributed by atoms with van der Waals surface area (Å²) in [5.41, 5.74) is 0.0484. The minimum absolute atomic E-state index is 0.0484. The van der Waals surface area contributed by atoms with Crippen molar-refractivity contribution >= 4 is 28.1 Å². The molecule has 0 amide bonds. The van der Waals surface area contributed by atoms with Gasteiger partial charge in [-0.3, -0.25) is 4.79 Å². The fourth-order valence-electron chi connectivity index (χ4n) is 1.46. The number of carbonyl (C=O) groups is 2. The number of anilines is 1. The van der Waals surface area contributed by atoms with Crippen LogP contribution in [0.15, 0.2) is 18.0 Å². The van der Waals surface area contributed by atoms with Crippen LogP contribution in [-0.2, 0) is 14.3 Å². The van der Waals surface area contributed by atoms with E-state index in [0.717, 1.165) is 10.0 Å². The van der Waals surface area contributed by atoms with Gasteiger partial charge in [-0.25, -0.2) is 9.78 Å². The molecule has 0 aliphatic heterocycles. The van der Waals surface area contributed by atoms with E-state index in [1.165, 1.54) is 17.5 Å². The predicted molar refractivity (Wildman–Crippen MR) is 79.7 cm³/mol. The Balaban J connectivity index is 2.91. The second kappa shape index (κ2) is 7.79. The first-order valence-corrected chi connectivity index (χ1v) is 7.41. The van der Waals surface area contributed by atoms with Crippen LogP contribution in [-0.4, -0.2) is 23.3 Å². The van der Waals surface area contributed by atoms with Crippen molar-refractivity contribution < 1.29 is 14.3 Å². The summed E-state index contributed by atoms with van der Waals surface area (Å²) in [6, 6.07) is 0. The number of ketones is 1. The summed E-state index contributed by atoms with van der Waals surface area (Å²) < 4.78 is 4.93. The minimum atomic E-state index is -0.591. The highest BCUT2D eigenvalue weighted by molar-refractivity contribution is 7.15. The number of nitrogens with one attached hydrogen (secondary N) is 1. The van der Waals surface area contributed by atoms with Gasteiger partial charge in [0.05, 0.1) is 17.8 Å². The van der Waals surface area contributed by atoms with Gasteiger partial charge in [0.25, 0.3) is 0 Å². The largest absolute Gasteiger partial charge is 0.462 e. The summed E-state index contributed by atoms with van der Waals surface area (Å²) >= 11 is 1.45. The van der Waals surface area contributed by atoms with Crippen LogP contribution >= 0.6 is 11.3 Å². The van der Waals surface area contributed by atoms with E-state index in [-0.39, 0.29) is 23.9 Å². The number of hydrogen-bond donors (Lipinski definition) is 1. The summed E-state index contributed by atoms with van der Waals surface area (Å²) in [6.45, 7) is 7.54. The Morgan fingerprint density at radius 2 is 2.20 bits per heavy atom. The molecule has 1 atom stereocenters. The SMILES string of the molecule is CCOC(=O)/C(=C\Nc1cnc(C)s1)C(=O)C(C)CC. The number of nitrogens with zero attached hydrogens (tertiary/aromatic N) is 1. The molecule has 1 aromatic rings. The summed E-state index contributed by atoms with van der Waals surface area (Å²) in [6.07, 6.45) is 3.75. The zero-order chi connectivity index (χ0) is 15.1. The normalized spacial score (nSPS) is 12.9. The quantitative estimate of drug-likeness (QED) is 0.362. The molecular weight excluding hydrogens is 276 g/mol. The van der Waals surface area contributed by atoms with E-state index in [1.54, 1.807) is 20.0 Å². The van der Waals surface area contributed by atoms with E-state index in [4.69, 9.17) is 4.74 Å². The van der Waals surface area contributed by atoms with E-state index in [0.29, 0.717) is 6.42 Å². The molecule has 1 aromatic heterocycles. The van der Waals surface area contributed by atoms with Crippen molar-refractivity contribution in [3.05, 3.63) is 23.0 Å². The highest BCUT2D eigenvalue weighted by atomic mass is 32.1. The number of esters is 1. The van der Waals surface area contributed by atoms with E-state index in [2.05, 4.69) is 10.3 Å². The number of rotatable bonds is 7. The number of Topliss-reactive ketones (excluding diaryl/α,β-unsaturated/α-hetero) is 1. The Morgan fingerprint density at radius 1 is 1.50 bits per heavy atom. The molecule has 0 saturated heterocycles. The molecule has 0 aromatic carbocycles. The van der Waals surface area contributed by atoms with Crippen molar-refractivity contribution in [1.82, 2.24) is 4.98 Å². The Hall–Kier alpha value is -1.69. The average Bonchev–Trinajstić information content (AvgIpc) is 2.83. The molecule has 6 heteroatoms. The van der Waals surface area contributed by atoms with Gasteiger partial charge in [-0.1, -0.05) is 13.8 Å². The molecule has 110 valence electrons. The van der Waals surface area contributed by atoms with Crippen molar-refractivity contribution in [3.8, 4) is 0 Å².